The highest BCUT2D eigenvalue weighted by Crippen LogP contribution is 2.23. The van der Waals surface area contributed by atoms with E-state index in [1.165, 1.54) is 37.7 Å². The van der Waals surface area contributed by atoms with E-state index in [4.69, 9.17) is 15.8 Å². The number of pyridine rings is 1. The number of imidazole rings is 1. The summed E-state index contributed by atoms with van der Waals surface area (Å²) < 4.78 is 1.86. The molecule has 0 aromatic carbocycles. The molecule has 0 bridgehead atoms. The predicted octanol–water partition coefficient (Wildman–Crippen LogP) is 3.72. The Labute approximate surface area is 172 Å². The van der Waals surface area contributed by atoms with E-state index < -0.39 is 0 Å². The molecule has 4 heterocycles. The molecule has 0 aliphatic carbocycles. The van der Waals surface area contributed by atoms with Crippen LogP contribution in [0.2, 0.25) is 0 Å². The fourth-order valence-electron chi connectivity index (χ4n) is 4.12. The smallest absolute Gasteiger partial charge is 0.196 e. The molecule has 1 fully saturated rings. The number of nitrogens with two attached hydrogens (primary N) is 1. The van der Waals surface area contributed by atoms with Gasteiger partial charge >= 0.3 is 0 Å². The van der Waals surface area contributed by atoms with Gasteiger partial charge in [-0.1, -0.05) is 25.8 Å². The molecule has 2 N–H and O–H groups in total. The number of anilines is 2. The Morgan fingerprint density at radius 3 is 2.66 bits per heavy atom. The molecule has 0 radical (unpaired) electrons. The second-order valence-electron chi connectivity index (χ2n) is 8.06. The van der Waals surface area contributed by atoms with Crippen LogP contribution in [0.25, 0.3) is 5.65 Å². The lowest BCUT2D eigenvalue weighted by Gasteiger charge is -2.29. The molecule has 3 aromatic rings. The van der Waals surface area contributed by atoms with Gasteiger partial charge in [0.2, 0.25) is 0 Å². The molecule has 1 aliphatic heterocycles. The van der Waals surface area contributed by atoms with Gasteiger partial charge in [0.05, 0.1) is 11.9 Å². The molecule has 29 heavy (non-hydrogen) atoms. The number of aryl methyl sites for hydroxylation is 2. The van der Waals surface area contributed by atoms with Crippen molar-refractivity contribution in [2.75, 3.05) is 23.7 Å². The molecule has 4 rings (SSSR count). The first-order valence-corrected chi connectivity index (χ1v) is 10.8. The maximum atomic E-state index is 6.14. The van der Waals surface area contributed by atoms with E-state index in [-0.39, 0.29) is 0 Å². The highest BCUT2D eigenvalue weighted by atomic mass is 15.3. The van der Waals surface area contributed by atoms with Gasteiger partial charge in [0.25, 0.3) is 0 Å². The summed E-state index contributed by atoms with van der Waals surface area (Å²) >= 11 is 0. The molecule has 0 atom stereocenters. The van der Waals surface area contributed by atoms with E-state index in [1.807, 2.05) is 16.9 Å². The molecule has 1 aliphatic rings. The summed E-state index contributed by atoms with van der Waals surface area (Å²) in [4.78, 5) is 16.1. The van der Waals surface area contributed by atoms with E-state index in [0.29, 0.717) is 11.5 Å². The second kappa shape index (κ2) is 8.76. The fourth-order valence-corrected chi connectivity index (χ4v) is 4.12. The molecule has 7 heteroatoms. The lowest BCUT2D eigenvalue weighted by Crippen LogP contribution is -2.30. The Morgan fingerprint density at radius 2 is 1.90 bits per heavy atom. The third-order valence-electron chi connectivity index (χ3n) is 5.65. The summed E-state index contributed by atoms with van der Waals surface area (Å²) in [5.41, 5.74) is 10.2. The Hall–Kier alpha value is -2.70. The van der Waals surface area contributed by atoms with E-state index in [9.17, 15) is 0 Å². The van der Waals surface area contributed by atoms with Crippen molar-refractivity contribution in [2.45, 2.75) is 65.2 Å². The van der Waals surface area contributed by atoms with Crippen LogP contribution in [0.5, 0.6) is 0 Å². The number of nitrogens with zero attached hydrogens (tertiary/aromatic N) is 6. The fraction of sp³-hybridized carbons (Fsp3) is 0.545. The second-order valence-corrected chi connectivity index (χ2v) is 8.06. The predicted molar refractivity (Wildman–Crippen MR) is 116 cm³/mol. The minimum absolute atomic E-state index is 0.451. The average molecular weight is 394 g/mol. The molecule has 3 aromatic heterocycles. The van der Waals surface area contributed by atoms with Gasteiger partial charge in [-0.25, -0.2) is 19.5 Å². The Bertz CT molecular complexity index is 973. The summed E-state index contributed by atoms with van der Waals surface area (Å²) in [7, 11) is 0. The highest BCUT2D eigenvalue weighted by molar-refractivity contribution is 5.59. The van der Waals surface area contributed by atoms with Gasteiger partial charge in [0, 0.05) is 32.1 Å². The van der Waals surface area contributed by atoms with Crippen LogP contribution in [0, 0.1) is 6.92 Å². The van der Waals surface area contributed by atoms with Crippen molar-refractivity contribution >= 4 is 17.3 Å². The molecule has 1 saturated heterocycles. The minimum Gasteiger partial charge on any atom is -0.380 e. The van der Waals surface area contributed by atoms with Crippen LogP contribution in [0.15, 0.2) is 18.5 Å². The molecular weight excluding hydrogens is 362 g/mol. The summed E-state index contributed by atoms with van der Waals surface area (Å²) in [6, 6.07) is 2.24. The van der Waals surface area contributed by atoms with Crippen LogP contribution in [0.4, 0.5) is 11.6 Å². The number of piperidine rings is 1. The Morgan fingerprint density at radius 1 is 1.07 bits per heavy atom. The van der Waals surface area contributed by atoms with Gasteiger partial charge < -0.3 is 10.6 Å². The van der Waals surface area contributed by atoms with Gasteiger partial charge in [-0.2, -0.15) is 5.10 Å². The van der Waals surface area contributed by atoms with Crippen molar-refractivity contribution in [3.8, 4) is 0 Å². The molecule has 0 amide bonds. The third-order valence-corrected chi connectivity index (χ3v) is 5.65. The van der Waals surface area contributed by atoms with Crippen molar-refractivity contribution < 1.29 is 0 Å². The van der Waals surface area contributed by atoms with Gasteiger partial charge in [-0.15, -0.1) is 0 Å². The van der Waals surface area contributed by atoms with Crippen LogP contribution in [-0.4, -0.2) is 37.7 Å². The first-order valence-electron chi connectivity index (χ1n) is 10.8. The minimum atomic E-state index is 0.451. The topological polar surface area (TPSA) is 85.2 Å². The quantitative estimate of drug-likeness (QED) is 0.616. The average Bonchev–Trinajstić information content (AvgIpc) is 3.12. The molecule has 0 saturated carbocycles. The monoisotopic (exact) mass is 393 g/mol. The number of hydrogen-bond donors (Lipinski definition) is 1. The van der Waals surface area contributed by atoms with Gasteiger partial charge in [-0.05, 0) is 43.7 Å². The van der Waals surface area contributed by atoms with Crippen molar-refractivity contribution in [3.05, 3.63) is 41.1 Å². The zero-order chi connectivity index (χ0) is 20.2. The zero-order valence-electron chi connectivity index (χ0n) is 17.6. The van der Waals surface area contributed by atoms with Crippen molar-refractivity contribution in [3.63, 3.8) is 0 Å². The molecule has 0 spiro atoms. The third kappa shape index (κ3) is 4.33. The summed E-state index contributed by atoms with van der Waals surface area (Å²) in [6.45, 7) is 6.56. The van der Waals surface area contributed by atoms with Crippen molar-refractivity contribution in [2.24, 2.45) is 0 Å². The standard InChI is InChI=1S/C22H31N7/c1-3-4-6-9-19-26-20(23)22-25-15-18(29(22)27-19)13-17-12-16(2)21(24-14-17)28-10-7-5-8-11-28/h12,14-15H,3-11,13H2,1-2H3,(H2,23,26,27). The van der Waals surface area contributed by atoms with Crippen molar-refractivity contribution in [1.82, 2.24) is 24.6 Å². The molecular formula is C22H31N7. The number of aromatic nitrogens is 5. The lowest BCUT2D eigenvalue weighted by molar-refractivity contribution is 0.572. The van der Waals surface area contributed by atoms with Crippen LogP contribution in [0.1, 0.15) is 68.1 Å². The molecule has 154 valence electrons. The van der Waals surface area contributed by atoms with Crippen LogP contribution < -0.4 is 10.6 Å². The summed E-state index contributed by atoms with van der Waals surface area (Å²) in [6.07, 6.45) is 12.7. The first kappa shape index (κ1) is 19.6. The maximum absolute atomic E-state index is 6.14. The SMILES string of the molecule is CCCCCc1nc(N)c2ncc(Cc3cnc(N4CCCCC4)c(C)c3)n2n1. The van der Waals surface area contributed by atoms with Crippen LogP contribution in [0.3, 0.4) is 0 Å². The van der Waals surface area contributed by atoms with Crippen LogP contribution in [-0.2, 0) is 12.8 Å². The Balaban J connectivity index is 1.56. The summed E-state index contributed by atoms with van der Waals surface area (Å²) in [5.74, 6) is 2.36. The zero-order valence-corrected chi connectivity index (χ0v) is 17.6. The number of rotatable bonds is 7. The maximum Gasteiger partial charge on any atom is 0.196 e. The van der Waals surface area contributed by atoms with E-state index >= 15 is 0 Å². The lowest BCUT2D eigenvalue weighted by atomic mass is 10.1. The largest absolute Gasteiger partial charge is 0.380 e. The number of nitrogen functional groups attached to an aromatic ring is 1. The molecule has 0 unspecified atom stereocenters. The first-order chi connectivity index (χ1) is 14.2. The van der Waals surface area contributed by atoms with E-state index in [0.717, 1.165) is 55.3 Å². The molecule has 7 nitrogen and oxygen atoms in total. The van der Waals surface area contributed by atoms with Gasteiger partial charge in [0.15, 0.2) is 17.3 Å². The van der Waals surface area contributed by atoms with Gasteiger partial charge in [-0.3, -0.25) is 0 Å². The summed E-state index contributed by atoms with van der Waals surface area (Å²) in [5, 5.41) is 4.71. The number of hydrogen-bond acceptors (Lipinski definition) is 6. The Kier molecular flexibility index (Phi) is 5.92. The van der Waals surface area contributed by atoms with Crippen LogP contribution >= 0.6 is 0 Å². The normalized spacial score (nSPS) is 14.6. The number of fused-ring (bicyclic) bond motifs is 1. The van der Waals surface area contributed by atoms with E-state index in [1.54, 1.807) is 0 Å². The highest BCUT2D eigenvalue weighted by Gasteiger charge is 2.16. The van der Waals surface area contributed by atoms with E-state index in [2.05, 4.69) is 34.8 Å². The van der Waals surface area contributed by atoms with Gasteiger partial charge in [0.1, 0.15) is 5.82 Å². The number of unbranched alkanes of at least 4 members (excludes halogenated alkanes) is 2. The van der Waals surface area contributed by atoms with Crippen molar-refractivity contribution in [1.29, 1.82) is 0 Å².